The summed E-state index contributed by atoms with van der Waals surface area (Å²) in [5, 5.41) is 2.85. The fraction of sp³-hybridized carbons (Fsp3) is 0.391. The van der Waals surface area contributed by atoms with Gasteiger partial charge < -0.3 is 14.6 Å². The minimum absolute atomic E-state index is 0.161. The summed E-state index contributed by atoms with van der Waals surface area (Å²) in [7, 11) is -3.59. The predicted molar refractivity (Wildman–Crippen MR) is 121 cm³/mol. The van der Waals surface area contributed by atoms with Crippen molar-refractivity contribution in [1.29, 1.82) is 0 Å². The van der Waals surface area contributed by atoms with Crippen molar-refractivity contribution >= 4 is 27.0 Å². The van der Waals surface area contributed by atoms with Crippen molar-refractivity contribution in [3.63, 3.8) is 0 Å². The Morgan fingerprint density at radius 1 is 1.12 bits per heavy atom. The summed E-state index contributed by atoms with van der Waals surface area (Å²) < 4.78 is 61.0. The number of hydrogen-bond donors (Lipinski definition) is 1. The van der Waals surface area contributed by atoms with Crippen LogP contribution in [0.25, 0.3) is 11.0 Å². The molecular weight excluding hydrogens is 466 g/mol. The first-order valence-electron chi connectivity index (χ1n) is 10.9. The number of halogens is 2. The first-order chi connectivity index (χ1) is 16.2. The zero-order valence-corrected chi connectivity index (χ0v) is 19.7. The quantitative estimate of drug-likeness (QED) is 0.548. The van der Waals surface area contributed by atoms with Crippen molar-refractivity contribution in [3.05, 3.63) is 59.9 Å². The largest absolute Gasteiger partial charge is 0.379 e. The Kier molecular flexibility index (Phi) is 6.96. The van der Waals surface area contributed by atoms with Crippen LogP contribution in [0.1, 0.15) is 25.5 Å². The summed E-state index contributed by atoms with van der Waals surface area (Å²) in [6.45, 7) is 5.24. The summed E-state index contributed by atoms with van der Waals surface area (Å²) in [5.74, 6) is -2.48. The van der Waals surface area contributed by atoms with Crippen LogP contribution < -0.4 is 5.32 Å². The van der Waals surface area contributed by atoms with Crippen LogP contribution in [0.4, 0.5) is 8.78 Å². The van der Waals surface area contributed by atoms with Crippen molar-refractivity contribution in [2.45, 2.75) is 31.3 Å². The molecule has 182 valence electrons. The van der Waals surface area contributed by atoms with Gasteiger partial charge in [-0.1, -0.05) is 26.0 Å². The molecule has 1 amide bonds. The number of sulfonamides is 1. The van der Waals surface area contributed by atoms with Gasteiger partial charge in [0.1, 0.15) is 6.04 Å². The molecule has 3 aromatic rings. The van der Waals surface area contributed by atoms with Crippen molar-refractivity contribution in [2.75, 3.05) is 26.3 Å². The smallest absolute Gasteiger partial charge is 0.243 e. The SMILES string of the molecule is CC(C)C(C(=O)NCc1ccc(S(=O)(=O)N2CCOCC2)cc1)n1cnc2cc(F)c(F)cc21. The van der Waals surface area contributed by atoms with Crippen LogP contribution in [0.5, 0.6) is 0 Å². The predicted octanol–water partition coefficient (Wildman–Crippen LogP) is 2.85. The lowest BCUT2D eigenvalue weighted by Crippen LogP contribution is -2.40. The molecular formula is C23H26F2N4O4S. The number of rotatable bonds is 7. The second kappa shape index (κ2) is 9.77. The maximum Gasteiger partial charge on any atom is 0.243 e. The van der Waals surface area contributed by atoms with Crippen molar-refractivity contribution < 1.29 is 26.7 Å². The highest BCUT2D eigenvalue weighted by molar-refractivity contribution is 7.89. The van der Waals surface area contributed by atoms with E-state index in [9.17, 15) is 22.0 Å². The Bertz CT molecular complexity index is 1290. The summed E-state index contributed by atoms with van der Waals surface area (Å²) in [5.41, 5.74) is 1.31. The highest BCUT2D eigenvalue weighted by Crippen LogP contribution is 2.26. The van der Waals surface area contributed by atoms with E-state index in [-0.39, 0.29) is 28.8 Å². The number of nitrogens with zero attached hydrogens (tertiary/aromatic N) is 3. The molecule has 0 aliphatic carbocycles. The molecule has 1 aromatic heterocycles. The molecule has 2 aromatic carbocycles. The normalized spacial score (nSPS) is 16.1. The van der Waals surface area contributed by atoms with E-state index in [0.29, 0.717) is 31.8 Å². The number of carbonyl (C=O) groups is 1. The van der Waals surface area contributed by atoms with E-state index < -0.39 is 27.7 Å². The van der Waals surface area contributed by atoms with Crippen LogP contribution in [0, 0.1) is 17.6 Å². The number of ether oxygens (including phenoxy) is 1. The number of amides is 1. The van der Waals surface area contributed by atoms with Crippen LogP contribution in [-0.4, -0.2) is 54.5 Å². The van der Waals surface area contributed by atoms with E-state index in [1.165, 1.54) is 27.3 Å². The Morgan fingerprint density at radius 2 is 1.76 bits per heavy atom. The Morgan fingerprint density at radius 3 is 2.41 bits per heavy atom. The second-order valence-electron chi connectivity index (χ2n) is 8.47. The molecule has 0 saturated carbocycles. The van der Waals surface area contributed by atoms with Gasteiger partial charge in [-0.25, -0.2) is 22.2 Å². The zero-order chi connectivity index (χ0) is 24.5. The number of imidazole rings is 1. The minimum Gasteiger partial charge on any atom is -0.379 e. The number of nitrogens with one attached hydrogen (secondary N) is 1. The van der Waals surface area contributed by atoms with Gasteiger partial charge in [0.25, 0.3) is 0 Å². The fourth-order valence-electron chi connectivity index (χ4n) is 4.00. The minimum atomic E-state index is -3.59. The first kappa shape index (κ1) is 24.2. The van der Waals surface area contributed by atoms with E-state index in [1.54, 1.807) is 12.1 Å². The standard InChI is InChI=1S/C23H26F2N4O4S/c1-15(2)22(29-14-27-20-11-18(24)19(25)12-21(20)29)23(30)26-13-16-3-5-17(6-4-16)34(31,32)28-7-9-33-10-8-28/h3-6,11-12,14-15,22H,7-10,13H2,1-2H3,(H,26,30). The number of benzene rings is 2. The monoisotopic (exact) mass is 492 g/mol. The summed E-state index contributed by atoms with van der Waals surface area (Å²) >= 11 is 0. The summed E-state index contributed by atoms with van der Waals surface area (Å²) in [4.78, 5) is 17.3. The fourth-order valence-corrected chi connectivity index (χ4v) is 5.41. The van der Waals surface area contributed by atoms with Crippen LogP contribution >= 0.6 is 0 Å². The van der Waals surface area contributed by atoms with Gasteiger partial charge in [0, 0.05) is 31.8 Å². The van der Waals surface area contributed by atoms with Gasteiger partial charge in [0.2, 0.25) is 15.9 Å². The average molecular weight is 493 g/mol. The lowest BCUT2D eigenvalue weighted by atomic mass is 10.0. The van der Waals surface area contributed by atoms with Gasteiger partial charge >= 0.3 is 0 Å². The lowest BCUT2D eigenvalue weighted by Gasteiger charge is -2.26. The zero-order valence-electron chi connectivity index (χ0n) is 18.9. The molecule has 1 atom stereocenters. The van der Waals surface area contributed by atoms with Crippen LogP contribution in [0.2, 0.25) is 0 Å². The second-order valence-corrected chi connectivity index (χ2v) is 10.4. The molecule has 1 saturated heterocycles. The van der Waals surface area contributed by atoms with Gasteiger partial charge in [0.05, 0.1) is 35.5 Å². The molecule has 34 heavy (non-hydrogen) atoms. The highest BCUT2D eigenvalue weighted by Gasteiger charge is 2.27. The molecule has 2 heterocycles. The van der Waals surface area contributed by atoms with Crippen LogP contribution in [0.15, 0.2) is 47.6 Å². The van der Waals surface area contributed by atoms with Crippen molar-refractivity contribution in [2.24, 2.45) is 5.92 Å². The topological polar surface area (TPSA) is 93.5 Å². The van der Waals surface area contributed by atoms with Gasteiger partial charge in [-0.2, -0.15) is 4.31 Å². The number of hydrogen-bond acceptors (Lipinski definition) is 5. The molecule has 1 aliphatic rings. The lowest BCUT2D eigenvalue weighted by molar-refractivity contribution is -0.125. The Labute approximate surface area is 196 Å². The average Bonchev–Trinajstić information content (AvgIpc) is 3.20. The molecule has 0 spiro atoms. The molecule has 0 bridgehead atoms. The van der Waals surface area contributed by atoms with Gasteiger partial charge in [0.15, 0.2) is 11.6 Å². The maximum atomic E-state index is 13.8. The van der Waals surface area contributed by atoms with E-state index in [2.05, 4.69) is 10.3 Å². The van der Waals surface area contributed by atoms with Gasteiger partial charge in [-0.3, -0.25) is 4.79 Å². The van der Waals surface area contributed by atoms with E-state index >= 15 is 0 Å². The maximum absolute atomic E-state index is 13.8. The van der Waals surface area contributed by atoms with Crippen LogP contribution in [-0.2, 0) is 26.1 Å². The third-order valence-corrected chi connectivity index (χ3v) is 7.73. The molecule has 1 unspecified atom stereocenters. The number of morpholine rings is 1. The van der Waals surface area contributed by atoms with Crippen LogP contribution in [0.3, 0.4) is 0 Å². The molecule has 4 rings (SSSR count). The summed E-state index contributed by atoms with van der Waals surface area (Å²) in [6.07, 6.45) is 1.40. The van der Waals surface area contributed by atoms with E-state index in [0.717, 1.165) is 17.7 Å². The van der Waals surface area contributed by atoms with Crippen molar-refractivity contribution in [3.8, 4) is 0 Å². The van der Waals surface area contributed by atoms with Crippen molar-refractivity contribution in [1.82, 2.24) is 19.2 Å². The molecule has 0 radical (unpaired) electrons. The first-order valence-corrected chi connectivity index (χ1v) is 12.4. The number of fused-ring (bicyclic) bond motifs is 1. The van der Waals surface area contributed by atoms with Gasteiger partial charge in [-0.15, -0.1) is 0 Å². The molecule has 1 N–H and O–H groups in total. The van der Waals surface area contributed by atoms with Gasteiger partial charge in [-0.05, 0) is 23.6 Å². The number of aromatic nitrogens is 2. The Balaban J connectivity index is 1.47. The molecule has 1 aliphatic heterocycles. The highest BCUT2D eigenvalue weighted by atomic mass is 32.2. The molecule has 11 heteroatoms. The molecule has 1 fully saturated rings. The van der Waals surface area contributed by atoms with E-state index in [4.69, 9.17) is 4.74 Å². The number of carbonyl (C=O) groups excluding carboxylic acids is 1. The molecule has 8 nitrogen and oxygen atoms in total. The van der Waals surface area contributed by atoms with E-state index in [1.807, 2.05) is 13.8 Å². The third-order valence-electron chi connectivity index (χ3n) is 5.81. The Hall–Kier alpha value is -2.89. The third kappa shape index (κ3) is 4.82. The summed E-state index contributed by atoms with van der Waals surface area (Å²) in [6, 6.07) is 7.69.